The van der Waals surface area contributed by atoms with Crippen LogP contribution in [0.1, 0.15) is 46.2 Å². The minimum absolute atomic E-state index is 0.0150. The van der Waals surface area contributed by atoms with Crippen LogP contribution in [0.5, 0.6) is 0 Å². The van der Waals surface area contributed by atoms with Gasteiger partial charge in [0.15, 0.2) is 0 Å². The molecule has 1 saturated carbocycles. The molecule has 3 fully saturated rings. The highest BCUT2D eigenvalue weighted by Crippen LogP contribution is 2.48. The van der Waals surface area contributed by atoms with E-state index in [-0.39, 0.29) is 37.2 Å². The van der Waals surface area contributed by atoms with Crippen molar-refractivity contribution in [1.82, 2.24) is 15.2 Å². The summed E-state index contributed by atoms with van der Waals surface area (Å²) in [6.07, 6.45) is -8.67. The van der Waals surface area contributed by atoms with Gasteiger partial charge in [-0.15, -0.1) is 0 Å². The average Bonchev–Trinajstić information content (AvgIpc) is 3.45. The van der Waals surface area contributed by atoms with Gasteiger partial charge in [-0.2, -0.15) is 26.3 Å². The van der Waals surface area contributed by atoms with Crippen molar-refractivity contribution in [3.05, 3.63) is 64.7 Å². The molecule has 1 aromatic carbocycles. The lowest BCUT2D eigenvalue weighted by atomic mass is 9.90. The quantitative estimate of drug-likeness (QED) is 0.582. The van der Waals surface area contributed by atoms with E-state index in [0.717, 1.165) is 30.3 Å². The summed E-state index contributed by atoms with van der Waals surface area (Å²) in [4.78, 5) is 31.1. The summed E-state index contributed by atoms with van der Waals surface area (Å²) in [7, 11) is 0. The van der Waals surface area contributed by atoms with Crippen LogP contribution < -0.4 is 5.32 Å². The third kappa shape index (κ3) is 4.88. The highest BCUT2D eigenvalue weighted by Gasteiger charge is 2.56. The number of carbonyl (C=O) groups excluding carboxylic acids is 2. The fraction of sp³-hybridized carbons (Fsp3) is 0.458. The molecule has 1 aromatic heterocycles. The van der Waals surface area contributed by atoms with E-state index in [1.807, 2.05) is 0 Å². The highest BCUT2D eigenvalue weighted by molar-refractivity contribution is 5.97. The molecule has 2 amide bonds. The van der Waals surface area contributed by atoms with E-state index in [9.17, 15) is 40.3 Å². The topological polar surface area (TPSA) is 71.5 Å². The summed E-state index contributed by atoms with van der Waals surface area (Å²) < 4.78 is 98.1. The first kappa shape index (κ1) is 25.4. The first-order chi connectivity index (χ1) is 17.3. The molecule has 1 N–H and O–H groups in total. The SMILES string of the molecule is O=C(N[C@@H](c1ccc(C(F)(F)F)cc1F)C1COC1)[C@H]1C[C@H]2C[C@H]2N1C(=O)c1cccc(C(F)(F)F)n1. The van der Waals surface area contributed by atoms with Crippen molar-refractivity contribution in [2.45, 2.75) is 43.3 Å². The van der Waals surface area contributed by atoms with Crippen LogP contribution >= 0.6 is 0 Å². The highest BCUT2D eigenvalue weighted by atomic mass is 19.4. The van der Waals surface area contributed by atoms with Crippen LogP contribution in [0, 0.1) is 17.7 Å². The zero-order valence-electron chi connectivity index (χ0n) is 18.9. The minimum atomic E-state index is -4.76. The van der Waals surface area contributed by atoms with Crippen molar-refractivity contribution in [1.29, 1.82) is 0 Å². The number of hydrogen-bond acceptors (Lipinski definition) is 4. The van der Waals surface area contributed by atoms with E-state index in [2.05, 4.69) is 10.3 Å². The smallest absolute Gasteiger partial charge is 0.381 e. The molecule has 0 bridgehead atoms. The molecule has 2 saturated heterocycles. The van der Waals surface area contributed by atoms with Gasteiger partial charge < -0.3 is 15.0 Å². The molecule has 37 heavy (non-hydrogen) atoms. The number of alkyl halides is 6. The van der Waals surface area contributed by atoms with E-state index >= 15 is 0 Å². The van der Waals surface area contributed by atoms with E-state index in [1.165, 1.54) is 4.90 Å². The summed E-state index contributed by atoms with van der Waals surface area (Å²) >= 11 is 0. The van der Waals surface area contributed by atoms with Gasteiger partial charge in [-0.3, -0.25) is 9.59 Å². The van der Waals surface area contributed by atoms with Gasteiger partial charge in [-0.05, 0) is 43.0 Å². The lowest BCUT2D eigenvalue weighted by molar-refractivity contribution is -0.141. The maximum absolute atomic E-state index is 14.8. The molecule has 13 heteroatoms. The Morgan fingerprint density at radius 2 is 1.76 bits per heavy atom. The fourth-order valence-corrected chi connectivity index (χ4v) is 4.93. The number of benzene rings is 1. The number of piperidine rings is 1. The lowest BCUT2D eigenvalue weighted by Crippen LogP contribution is -2.51. The number of amides is 2. The van der Waals surface area contributed by atoms with E-state index < -0.39 is 64.9 Å². The van der Waals surface area contributed by atoms with Crippen LogP contribution in [-0.4, -0.2) is 47.0 Å². The zero-order chi connectivity index (χ0) is 26.7. The number of rotatable bonds is 5. The number of ether oxygens (including phenoxy) is 1. The summed E-state index contributed by atoms with van der Waals surface area (Å²) in [6, 6.07) is 2.54. The Morgan fingerprint density at radius 3 is 2.35 bits per heavy atom. The molecule has 3 aliphatic rings. The molecule has 4 atom stereocenters. The lowest BCUT2D eigenvalue weighted by Gasteiger charge is -2.36. The Morgan fingerprint density at radius 1 is 1.03 bits per heavy atom. The van der Waals surface area contributed by atoms with E-state index in [0.29, 0.717) is 12.5 Å². The van der Waals surface area contributed by atoms with E-state index in [4.69, 9.17) is 4.74 Å². The largest absolute Gasteiger partial charge is 0.433 e. The molecule has 198 valence electrons. The van der Waals surface area contributed by atoms with Crippen molar-refractivity contribution < 1.29 is 45.1 Å². The Hall–Kier alpha value is -3.22. The van der Waals surface area contributed by atoms with Crippen molar-refractivity contribution in [2.75, 3.05) is 13.2 Å². The van der Waals surface area contributed by atoms with Crippen LogP contribution in [0.2, 0.25) is 0 Å². The van der Waals surface area contributed by atoms with Crippen LogP contribution in [0.4, 0.5) is 30.7 Å². The number of pyridine rings is 1. The molecule has 5 rings (SSSR count). The van der Waals surface area contributed by atoms with Crippen molar-refractivity contribution >= 4 is 11.8 Å². The molecule has 2 aliphatic heterocycles. The van der Waals surface area contributed by atoms with Gasteiger partial charge in [0.05, 0.1) is 24.8 Å². The monoisotopic (exact) mass is 531 g/mol. The zero-order valence-corrected chi connectivity index (χ0v) is 18.9. The number of carbonyl (C=O) groups is 2. The van der Waals surface area contributed by atoms with Gasteiger partial charge in [-0.25, -0.2) is 9.37 Å². The predicted octanol–water partition coefficient (Wildman–Crippen LogP) is 4.37. The normalized spacial score (nSPS) is 24.3. The van der Waals surface area contributed by atoms with Gasteiger partial charge in [0.25, 0.3) is 5.91 Å². The predicted molar refractivity (Wildman–Crippen MR) is 112 cm³/mol. The number of hydrogen-bond donors (Lipinski definition) is 1. The van der Waals surface area contributed by atoms with Crippen molar-refractivity contribution in [3.8, 4) is 0 Å². The molecule has 0 radical (unpaired) electrons. The van der Waals surface area contributed by atoms with Crippen molar-refractivity contribution in [2.24, 2.45) is 11.8 Å². The number of aromatic nitrogens is 1. The fourth-order valence-electron chi connectivity index (χ4n) is 4.93. The van der Waals surface area contributed by atoms with Crippen LogP contribution in [-0.2, 0) is 21.9 Å². The standard InChI is InChI=1S/C24H20F7N3O3/c25-15-8-13(23(26,27)28)4-5-14(15)20(12-9-37-10-12)33-21(35)18-7-11-6-17(11)34(18)22(36)16-2-1-3-19(32-16)24(29,30)31/h1-5,8,11-12,17-18,20H,6-7,9-10H2,(H,33,35)/t11-,17-,18-,20-/m1/s1. The number of fused-ring (bicyclic) bond motifs is 1. The first-order valence-electron chi connectivity index (χ1n) is 11.5. The number of likely N-dealkylation sites (tertiary alicyclic amines) is 1. The second kappa shape index (κ2) is 8.96. The molecule has 0 unspecified atom stereocenters. The number of nitrogens with zero attached hydrogens (tertiary/aromatic N) is 2. The van der Waals surface area contributed by atoms with Gasteiger partial charge in [0, 0.05) is 17.5 Å². The number of nitrogens with one attached hydrogen (secondary N) is 1. The van der Waals surface area contributed by atoms with Crippen LogP contribution in [0.3, 0.4) is 0 Å². The third-order valence-electron chi connectivity index (χ3n) is 7.00. The average molecular weight is 531 g/mol. The van der Waals surface area contributed by atoms with E-state index in [1.54, 1.807) is 0 Å². The maximum atomic E-state index is 14.8. The van der Waals surface area contributed by atoms with Gasteiger partial charge in [-0.1, -0.05) is 12.1 Å². The molecular weight excluding hydrogens is 511 g/mol. The molecule has 1 aliphatic carbocycles. The number of halogens is 7. The second-order valence-electron chi connectivity index (χ2n) is 9.45. The molecule has 3 heterocycles. The summed E-state index contributed by atoms with van der Waals surface area (Å²) in [5.41, 5.74) is -3.04. The van der Waals surface area contributed by atoms with Crippen LogP contribution in [0.15, 0.2) is 36.4 Å². The maximum Gasteiger partial charge on any atom is 0.433 e. The first-order valence-corrected chi connectivity index (χ1v) is 11.5. The summed E-state index contributed by atoms with van der Waals surface area (Å²) in [5, 5.41) is 2.65. The van der Waals surface area contributed by atoms with Gasteiger partial charge in [0.1, 0.15) is 23.2 Å². The second-order valence-corrected chi connectivity index (χ2v) is 9.45. The summed E-state index contributed by atoms with van der Waals surface area (Å²) in [6.45, 7) is 0.274. The van der Waals surface area contributed by atoms with Gasteiger partial charge >= 0.3 is 12.4 Å². The third-order valence-corrected chi connectivity index (χ3v) is 7.00. The van der Waals surface area contributed by atoms with Gasteiger partial charge in [0.2, 0.25) is 5.91 Å². The Bertz CT molecular complexity index is 1230. The molecule has 0 spiro atoms. The Balaban J connectivity index is 1.38. The molecule has 2 aromatic rings. The van der Waals surface area contributed by atoms with Crippen molar-refractivity contribution in [3.63, 3.8) is 0 Å². The molecular formula is C24H20F7N3O3. The van der Waals surface area contributed by atoms with Crippen LogP contribution in [0.25, 0.3) is 0 Å². The Kier molecular flexibility index (Phi) is 6.16. The summed E-state index contributed by atoms with van der Waals surface area (Å²) in [5.74, 6) is -3.09. The minimum Gasteiger partial charge on any atom is -0.381 e. The molecule has 6 nitrogen and oxygen atoms in total. The Labute approximate surface area is 205 Å².